The second-order valence-electron chi connectivity index (χ2n) is 2.53. The van der Waals surface area contributed by atoms with E-state index in [9.17, 15) is 4.79 Å². The zero-order valence-corrected chi connectivity index (χ0v) is 9.10. The van der Waals surface area contributed by atoms with Gasteiger partial charge in [0, 0.05) is 5.02 Å². The molecule has 0 saturated carbocycles. The highest BCUT2D eigenvalue weighted by Crippen LogP contribution is 2.25. The van der Waals surface area contributed by atoms with Gasteiger partial charge in [-0.15, -0.1) is 6.42 Å². The first-order valence-corrected chi connectivity index (χ1v) is 4.71. The van der Waals surface area contributed by atoms with Crippen LogP contribution >= 0.6 is 23.2 Å². The van der Waals surface area contributed by atoms with Crippen molar-refractivity contribution in [1.29, 1.82) is 0 Å². The Labute approximate surface area is 97.3 Å². The van der Waals surface area contributed by atoms with Crippen LogP contribution < -0.4 is 5.32 Å². The lowest BCUT2D eigenvalue weighted by Gasteiger charge is -2.06. The van der Waals surface area contributed by atoms with Crippen LogP contribution in [0.2, 0.25) is 10.0 Å². The van der Waals surface area contributed by atoms with E-state index >= 15 is 0 Å². The molecule has 78 valence electrons. The summed E-state index contributed by atoms with van der Waals surface area (Å²) < 4.78 is 4.60. The van der Waals surface area contributed by atoms with Gasteiger partial charge in [0.1, 0.15) is 0 Å². The molecule has 0 aliphatic heterocycles. The van der Waals surface area contributed by atoms with Gasteiger partial charge in [0.25, 0.3) is 0 Å². The van der Waals surface area contributed by atoms with Gasteiger partial charge in [-0.25, -0.2) is 4.79 Å². The Hall–Kier alpha value is -1.37. The van der Waals surface area contributed by atoms with E-state index in [1.807, 2.05) is 0 Å². The largest absolute Gasteiger partial charge is 0.436 e. The number of nitrogens with one attached hydrogen (secondary N) is 1. The fraction of sp³-hybridized carbons (Fsp3) is 0.100. The van der Waals surface area contributed by atoms with Crippen LogP contribution in [-0.4, -0.2) is 12.7 Å². The summed E-state index contributed by atoms with van der Waals surface area (Å²) >= 11 is 11.5. The van der Waals surface area contributed by atoms with Gasteiger partial charge in [0.15, 0.2) is 6.61 Å². The van der Waals surface area contributed by atoms with Crippen molar-refractivity contribution in [2.45, 2.75) is 0 Å². The lowest BCUT2D eigenvalue weighted by atomic mass is 10.3. The second-order valence-corrected chi connectivity index (χ2v) is 3.37. The Morgan fingerprint density at radius 1 is 1.53 bits per heavy atom. The summed E-state index contributed by atoms with van der Waals surface area (Å²) in [6.07, 6.45) is 4.25. The smallest absolute Gasteiger partial charge is 0.412 e. The molecule has 0 aliphatic rings. The maximum Gasteiger partial charge on any atom is 0.412 e. The van der Waals surface area contributed by atoms with Gasteiger partial charge in [-0.3, -0.25) is 5.32 Å². The molecule has 1 aromatic carbocycles. The van der Waals surface area contributed by atoms with E-state index in [0.717, 1.165) is 0 Å². The van der Waals surface area contributed by atoms with Crippen molar-refractivity contribution in [3.63, 3.8) is 0 Å². The van der Waals surface area contributed by atoms with Crippen LogP contribution in [0.25, 0.3) is 0 Å². The molecule has 0 unspecified atom stereocenters. The molecule has 3 nitrogen and oxygen atoms in total. The molecule has 0 aromatic heterocycles. The standard InChI is InChI=1S/C10H7Cl2NO2/c1-2-5-15-10(14)13-9-6-7(11)3-4-8(9)12/h1,3-4,6H,5H2,(H,13,14). The van der Waals surface area contributed by atoms with Crippen molar-refractivity contribution in [3.05, 3.63) is 28.2 Å². The van der Waals surface area contributed by atoms with Crippen LogP contribution in [0.15, 0.2) is 18.2 Å². The minimum atomic E-state index is -0.669. The van der Waals surface area contributed by atoms with Crippen LogP contribution in [0.3, 0.4) is 0 Å². The molecule has 0 bridgehead atoms. The average molecular weight is 244 g/mol. The normalized spacial score (nSPS) is 9.13. The number of carbonyl (C=O) groups excluding carboxylic acids is 1. The van der Waals surface area contributed by atoms with Gasteiger partial charge < -0.3 is 4.74 Å². The van der Waals surface area contributed by atoms with Gasteiger partial charge in [-0.1, -0.05) is 29.1 Å². The van der Waals surface area contributed by atoms with E-state index in [4.69, 9.17) is 29.6 Å². The monoisotopic (exact) mass is 243 g/mol. The maximum absolute atomic E-state index is 11.1. The predicted octanol–water partition coefficient (Wildman–Crippen LogP) is 3.18. The first-order chi connectivity index (χ1) is 7.13. The van der Waals surface area contributed by atoms with Crippen molar-refractivity contribution in [1.82, 2.24) is 0 Å². The van der Waals surface area contributed by atoms with E-state index in [0.29, 0.717) is 15.7 Å². The molecular formula is C10H7Cl2NO2. The second kappa shape index (κ2) is 5.50. The third-order valence-corrected chi connectivity index (χ3v) is 2.02. The van der Waals surface area contributed by atoms with Gasteiger partial charge in [0.2, 0.25) is 0 Å². The highest BCUT2D eigenvalue weighted by molar-refractivity contribution is 6.35. The van der Waals surface area contributed by atoms with Crippen LogP contribution in [0.5, 0.6) is 0 Å². The number of anilines is 1. The van der Waals surface area contributed by atoms with E-state index in [1.54, 1.807) is 12.1 Å². The van der Waals surface area contributed by atoms with Crippen molar-refractivity contribution in [2.24, 2.45) is 0 Å². The Morgan fingerprint density at radius 3 is 2.93 bits per heavy atom. The number of terminal acetylenes is 1. The Kier molecular flexibility index (Phi) is 4.29. The van der Waals surface area contributed by atoms with E-state index in [2.05, 4.69) is 16.0 Å². The van der Waals surface area contributed by atoms with Crippen LogP contribution in [-0.2, 0) is 4.74 Å². The summed E-state index contributed by atoms with van der Waals surface area (Å²) in [7, 11) is 0. The first kappa shape index (κ1) is 11.7. The Balaban J connectivity index is 2.68. The average Bonchev–Trinajstić information content (AvgIpc) is 2.20. The molecule has 0 saturated heterocycles. The molecule has 0 spiro atoms. The summed E-state index contributed by atoms with van der Waals surface area (Å²) in [5.74, 6) is 2.17. The summed E-state index contributed by atoms with van der Waals surface area (Å²) in [6.45, 7) is -0.0932. The van der Waals surface area contributed by atoms with Gasteiger partial charge >= 0.3 is 6.09 Å². The third kappa shape index (κ3) is 3.70. The number of rotatable bonds is 2. The Morgan fingerprint density at radius 2 is 2.27 bits per heavy atom. The molecule has 0 heterocycles. The van der Waals surface area contributed by atoms with Gasteiger partial charge in [-0.05, 0) is 18.2 Å². The van der Waals surface area contributed by atoms with Crippen molar-refractivity contribution < 1.29 is 9.53 Å². The fourth-order valence-corrected chi connectivity index (χ4v) is 1.18. The van der Waals surface area contributed by atoms with Crippen molar-refractivity contribution in [2.75, 3.05) is 11.9 Å². The SMILES string of the molecule is C#CCOC(=O)Nc1cc(Cl)ccc1Cl. The molecule has 1 N–H and O–H groups in total. The molecule has 0 aliphatic carbocycles. The summed E-state index contributed by atoms with van der Waals surface area (Å²) in [6, 6.07) is 4.70. The molecule has 1 amide bonds. The number of hydrogen-bond acceptors (Lipinski definition) is 2. The van der Waals surface area contributed by atoms with E-state index < -0.39 is 6.09 Å². The molecule has 5 heteroatoms. The molecule has 1 aromatic rings. The fourth-order valence-electron chi connectivity index (χ4n) is 0.847. The van der Waals surface area contributed by atoms with Crippen molar-refractivity contribution >= 4 is 35.0 Å². The number of benzene rings is 1. The topological polar surface area (TPSA) is 38.3 Å². The zero-order valence-electron chi connectivity index (χ0n) is 7.59. The number of amides is 1. The van der Waals surface area contributed by atoms with E-state index in [1.165, 1.54) is 6.07 Å². The van der Waals surface area contributed by atoms with Gasteiger partial charge in [0.05, 0.1) is 10.7 Å². The Bertz CT molecular complexity index is 412. The zero-order chi connectivity index (χ0) is 11.3. The maximum atomic E-state index is 11.1. The summed E-state index contributed by atoms with van der Waals surface area (Å²) in [5.41, 5.74) is 0.381. The van der Waals surface area contributed by atoms with Gasteiger partial charge in [-0.2, -0.15) is 0 Å². The molecule has 0 atom stereocenters. The highest BCUT2D eigenvalue weighted by Gasteiger charge is 2.06. The highest BCUT2D eigenvalue weighted by atomic mass is 35.5. The van der Waals surface area contributed by atoms with Crippen LogP contribution in [0, 0.1) is 12.3 Å². The number of hydrogen-bond donors (Lipinski definition) is 1. The summed E-state index contributed by atoms with van der Waals surface area (Å²) in [4.78, 5) is 11.1. The molecular weight excluding hydrogens is 237 g/mol. The van der Waals surface area contributed by atoms with E-state index in [-0.39, 0.29) is 6.61 Å². The lowest BCUT2D eigenvalue weighted by molar-refractivity contribution is 0.176. The molecule has 15 heavy (non-hydrogen) atoms. The number of halogens is 2. The lowest BCUT2D eigenvalue weighted by Crippen LogP contribution is -2.13. The minimum Gasteiger partial charge on any atom is -0.436 e. The summed E-state index contributed by atoms with van der Waals surface area (Å²) in [5, 5.41) is 3.25. The molecule has 0 radical (unpaired) electrons. The van der Waals surface area contributed by atoms with Crippen molar-refractivity contribution in [3.8, 4) is 12.3 Å². The number of ether oxygens (including phenoxy) is 1. The quantitative estimate of drug-likeness (QED) is 0.811. The predicted molar refractivity (Wildman–Crippen MR) is 60.3 cm³/mol. The number of carbonyl (C=O) groups is 1. The van der Waals surface area contributed by atoms with Crippen LogP contribution in [0.1, 0.15) is 0 Å². The molecule has 1 rings (SSSR count). The minimum absolute atomic E-state index is 0.0932. The van der Waals surface area contributed by atoms with Crippen LogP contribution in [0.4, 0.5) is 10.5 Å². The third-order valence-electron chi connectivity index (χ3n) is 1.45. The molecule has 0 fully saturated rings. The first-order valence-electron chi connectivity index (χ1n) is 3.96.